The number of hydrogen-bond donors (Lipinski definition) is 1. The summed E-state index contributed by atoms with van der Waals surface area (Å²) >= 11 is 0. The summed E-state index contributed by atoms with van der Waals surface area (Å²) in [5.41, 5.74) is 1.06. The van der Waals surface area contributed by atoms with Gasteiger partial charge in [-0.25, -0.2) is 14.8 Å². The molecule has 0 bridgehead atoms. The van der Waals surface area contributed by atoms with Gasteiger partial charge in [0.15, 0.2) is 0 Å². The molecule has 1 fully saturated rings. The van der Waals surface area contributed by atoms with E-state index in [-0.39, 0.29) is 18.3 Å². The third-order valence-electron chi connectivity index (χ3n) is 5.77. The number of urea groups is 1. The van der Waals surface area contributed by atoms with Crippen molar-refractivity contribution in [1.82, 2.24) is 14.9 Å². The number of carbonyl (C=O) groups is 1. The van der Waals surface area contributed by atoms with Gasteiger partial charge in [0.2, 0.25) is 5.95 Å². The number of halogens is 3. The zero-order valence-corrected chi connectivity index (χ0v) is 19.0. The fourth-order valence-electron chi connectivity index (χ4n) is 4.13. The van der Waals surface area contributed by atoms with E-state index in [9.17, 15) is 18.0 Å². The summed E-state index contributed by atoms with van der Waals surface area (Å²) in [7, 11) is 0. The molecule has 3 heterocycles. The number of benzene rings is 1. The minimum atomic E-state index is -4.49. The van der Waals surface area contributed by atoms with Crippen LogP contribution in [0.3, 0.4) is 0 Å². The number of nitrogens with one attached hydrogen (secondary N) is 1. The highest BCUT2D eigenvalue weighted by molar-refractivity contribution is 5.89. The molecule has 2 aromatic heterocycles. The van der Waals surface area contributed by atoms with E-state index in [1.807, 2.05) is 19.9 Å². The second-order valence-electron chi connectivity index (χ2n) is 8.38. The number of aromatic nitrogens is 2. The number of alkyl halides is 3. The van der Waals surface area contributed by atoms with Gasteiger partial charge in [-0.2, -0.15) is 13.2 Å². The molecule has 3 aromatic rings. The van der Waals surface area contributed by atoms with Gasteiger partial charge in [0, 0.05) is 36.2 Å². The molecule has 10 heteroatoms. The summed E-state index contributed by atoms with van der Waals surface area (Å²) in [6.45, 7) is 5.36. The number of anilines is 2. The summed E-state index contributed by atoms with van der Waals surface area (Å²) in [6.07, 6.45) is -1.64. The molecule has 1 saturated heterocycles. The number of aryl methyl sites for hydroxylation is 2. The first-order valence-corrected chi connectivity index (χ1v) is 11.0. The van der Waals surface area contributed by atoms with Crippen molar-refractivity contribution in [3.8, 4) is 0 Å². The fraction of sp³-hybridized carbons (Fsp3) is 0.375. The predicted molar refractivity (Wildman–Crippen MR) is 121 cm³/mol. The first kappa shape index (κ1) is 23.6. The minimum Gasteiger partial charge on any atom is -0.467 e. The first-order valence-electron chi connectivity index (χ1n) is 11.0. The highest BCUT2D eigenvalue weighted by Crippen LogP contribution is 2.31. The second kappa shape index (κ2) is 9.74. The van der Waals surface area contributed by atoms with Gasteiger partial charge >= 0.3 is 12.2 Å². The van der Waals surface area contributed by atoms with Crippen LogP contribution in [0, 0.1) is 13.8 Å². The normalized spacial score (nSPS) is 14.8. The molecule has 0 unspecified atom stereocenters. The molecule has 4 rings (SSSR count). The van der Waals surface area contributed by atoms with Crippen molar-refractivity contribution in [2.75, 3.05) is 23.3 Å². The van der Waals surface area contributed by atoms with E-state index in [2.05, 4.69) is 20.2 Å². The van der Waals surface area contributed by atoms with Crippen molar-refractivity contribution >= 4 is 17.7 Å². The molecule has 1 aromatic carbocycles. The summed E-state index contributed by atoms with van der Waals surface area (Å²) in [5, 5.41) is 2.63. The maximum atomic E-state index is 13.2. The molecule has 180 valence electrons. The average Bonchev–Trinajstić information content (AvgIpc) is 3.30. The third-order valence-corrected chi connectivity index (χ3v) is 5.77. The Morgan fingerprint density at radius 3 is 2.44 bits per heavy atom. The van der Waals surface area contributed by atoms with Gasteiger partial charge in [0.25, 0.3) is 0 Å². The fourth-order valence-corrected chi connectivity index (χ4v) is 4.13. The maximum Gasteiger partial charge on any atom is 0.416 e. The number of rotatable bonds is 5. The summed E-state index contributed by atoms with van der Waals surface area (Å²) in [4.78, 5) is 26.0. The Morgan fingerprint density at radius 1 is 1.12 bits per heavy atom. The van der Waals surface area contributed by atoms with Crippen molar-refractivity contribution in [2.45, 2.75) is 45.5 Å². The molecule has 1 aliphatic heterocycles. The Bertz CT molecular complexity index is 1110. The maximum absolute atomic E-state index is 13.2. The minimum absolute atomic E-state index is 0.0883. The smallest absolute Gasteiger partial charge is 0.416 e. The molecule has 0 saturated carbocycles. The quantitative estimate of drug-likeness (QED) is 0.537. The lowest BCUT2D eigenvalue weighted by Gasteiger charge is -2.38. The number of carbonyl (C=O) groups excluding carboxylic acids is 1. The highest BCUT2D eigenvalue weighted by Gasteiger charge is 2.32. The van der Waals surface area contributed by atoms with Gasteiger partial charge < -0.3 is 19.5 Å². The first-order chi connectivity index (χ1) is 16.2. The SMILES string of the molecule is Cc1cc(C)nc(N2CCC(N(Cc3ccco3)C(=O)Nc3cccc(C(F)(F)F)c3)CC2)n1. The lowest BCUT2D eigenvalue weighted by molar-refractivity contribution is -0.137. The average molecular weight is 473 g/mol. The topological polar surface area (TPSA) is 74.5 Å². The van der Waals surface area contributed by atoms with E-state index in [1.54, 1.807) is 17.0 Å². The van der Waals surface area contributed by atoms with E-state index < -0.39 is 17.8 Å². The van der Waals surface area contributed by atoms with Crippen LogP contribution in [-0.2, 0) is 12.7 Å². The molecule has 0 spiro atoms. The Morgan fingerprint density at radius 2 is 1.82 bits per heavy atom. The largest absolute Gasteiger partial charge is 0.467 e. The van der Waals surface area contributed by atoms with Crippen LogP contribution in [0.4, 0.5) is 29.6 Å². The number of amides is 2. The highest BCUT2D eigenvalue weighted by atomic mass is 19.4. The standard InChI is InChI=1S/C24H26F3N5O2/c1-16-13-17(2)29-22(28-16)31-10-8-20(9-11-31)32(15-21-7-4-12-34-21)23(33)30-19-6-3-5-18(14-19)24(25,26)27/h3-7,12-14,20H,8-11,15H2,1-2H3,(H,30,33). The molecular formula is C24H26F3N5O2. The molecule has 0 atom stereocenters. The van der Waals surface area contributed by atoms with Crippen LogP contribution in [0.15, 0.2) is 53.1 Å². The van der Waals surface area contributed by atoms with Crippen LogP contribution in [-0.4, -0.2) is 40.0 Å². The number of nitrogens with zero attached hydrogens (tertiary/aromatic N) is 4. The van der Waals surface area contributed by atoms with Crippen molar-refractivity contribution < 1.29 is 22.4 Å². The lowest BCUT2D eigenvalue weighted by Crippen LogP contribution is -2.48. The van der Waals surface area contributed by atoms with Gasteiger partial charge in [-0.3, -0.25) is 0 Å². The van der Waals surface area contributed by atoms with Gasteiger partial charge in [0.05, 0.1) is 18.4 Å². The number of furan rings is 1. The molecule has 1 aliphatic rings. The van der Waals surface area contributed by atoms with E-state index in [4.69, 9.17) is 4.42 Å². The Hall–Kier alpha value is -3.56. The summed E-state index contributed by atoms with van der Waals surface area (Å²) < 4.78 is 44.7. The van der Waals surface area contributed by atoms with Gasteiger partial charge in [-0.05, 0) is 63.1 Å². The molecule has 1 N–H and O–H groups in total. The number of hydrogen-bond acceptors (Lipinski definition) is 5. The van der Waals surface area contributed by atoms with Crippen molar-refractivity contribution in [3.63, 3.8) is 0 Å². The van der Waals surface area contributed by atoms with Crippen molar-refractivity contribution in [1.29, 1.82) is 0 Å². The molecular weight excluding hydrogens is 447 g/mol. The van der Waals surface area contributed by atoms with Crippen molar-refractivity contribution in [3.05, 3.63) is 71.4 Å². The third kappa shape index (κ3) is 5.67. The van der Waals surface area contributed by atoms with Gasteiger partial charge in [-0.15, -0.1) is 0 Å². The van der Waals surface area contributed by atoms with Crippen LogP contribution in [0.2, 0.25) is 0 Å². The van der Waals surface area contributed by atoms with Crippen LogP contribution in [0.25, 0.3) is 0 Å². The van der Waals surface area contributed by atoms with Crippen LogP contribution < -0.4 is 10.2 Å². The van der Waals surface area contributed by atoms with E-state index >= 15 is 0 Å². The zero-order valence-electron chi connectivity index (χ0n) is 19.0. The number of piperidine rings is 1. The molecule has 0 aliphatic carbocycles. The molecule has 2 amide bonds. The van der Waals surface area contributed by atoms with Crippen LogP contribution >= 0.6 is 0 Å². The van der Waals surface area contributed by atoms with Crippen LogP contribution in [0.5, 0.6) is 0 Å². The van der Waals surface area contributed by atoms with E-state index in [1.165, 1.54) is 18.4 Å². The molecule has 7 nitrogen and oxygen atoms in total. The second-order valence-corrected chi connectivity index (χ2v) is 8.38. The predicted octanol–water partition coefficient (Wildman–Crippen LogP) is 5.41. The lowest BCUT2D eigenvalue weighted by atomic mass is 10.0. The zero-order chi connectivity index (χ0) is 24.3. The van der Waals surface area contributed by atoms with Crippen LogP contribution in [0.1, 0.15) is 35.6 Å². The van der Waals surface area contributed by atoms with E-state index in [0.29, 0.717) is 37.6 Å². The van der Waals surface area contributed by atoms with Gasteiger partial charge in [0.1, 0.15) is 5.76 Å². The summed E-state index contributed by atoms with van der Waals surface area (Å²) in [6, 6.07) is 9.44. The Kier molecular flexibility index (Phi) is 6.76. The van der Waals surface area contributed by atoms with Gasteiger partial charge in [-0.1, -0.05) is 6.07 Å². The summed E-state index contributed by atoms with van der Waals surface area (Å²) in [5.74, 6) is 1.27. The molecule has 0 radical (unpaired) electrons. The van der Waals surface area contributed by atoms with E-state index in [0.717, 1.165) is 23.5 Å². The Labute approximate surface area is 195 Å². The monoisotopic (exact) mass is 473 g/mol. The molecule has 34 heavy (non-hydrogen) atoms. The van der Waals surface area contributed by atoms with Crippen molar-refractivity contribution in [2.24, 2.45) is 0 Å². The Balaban J connectivity index is 1.49.